The van der Waals surface area contributed by atoms with Crippen LogP contribution >= 0.6 is 10.9 Å². The normalized spacial score (nSPS) is 20.4. The van der Waals surface area contributed by atoms with Crippen LogP contribution in [-0.4, -0.2) is 23.3 Å². The molecule has 0 atom stereocenters. The molecule has 0 radical (unpaired) electrons. The van der Waals surface area contributed by atoms with Crippen LogP contribution in [-0.2, 0) is 9.47 Å². The van der Waals surface area contributed by atoms with Gasteiger partial charge >= 0.3 is 0 Å². The van der Waals surface area contributed by atoms with Crippen molar-refractivity contribution in [3.8, 4) is 0 Å². The molecule has 0 saturated carbocycles. The Labute approximate surface area is 55.9 Å². The summed E-state index contributed by atoms with van der Waals surface area (Å²) in [6.07, 6.45) is 0. The lowest BCUT2D eigenvalue weighted by Crippen LogP contribution is -2.13. The van der Waals surface area contributed by atoms with Gasteiger partial charge in [0.05, 0.1) is 0 Å². The van der Waals surface area contributed by atoms with E-state index >= 15 is 0 Å². The van der Waals surface area contributed by atoms with Crippen LogP contribution < -0.4 is 0 Å². The van der Waals surface area contributed by atoms with Crippen molar-refractivity contribution >= 4 is 21.0 Å². The fourth-order valence-corrected chi connectivity index (χ4v) is 1.23. The second-order valence-electron chi connectivity index (χ2n) is 1.66. The van der Waals surface area contributed by atoms with Crippen molar-refractivity contribution < 1.29 is 9.47 Å². The van der Waals surface area contributed by atoms with Gasteiger partial charge in [-0.25, -0.2) is 0 Å². The molecule has 0 spiro atoms. The van der Waals surface area contributed by atoms with Gasteiger partial charge in [-0.1, -0.05) is 0 Å². The lowest BCUT2D eigenvalue weighted by atomic mass is 10.4. The summed E-state index contributed by atoms with van der Waals surface area (Å²) in [4.78, 5) is 0. The first-order valence-corrected chi connectivity index (χ1v) is 3.46. The zero-order valence-electron chi connectivity index (χ0n) is 4.64. The van der Waals surface area contributed by atoms with Gasteiger partial charge in [0.1, 0.15) is 13.2 Å². The van der Waals surface area contributed by atoms with Crippen molar-refractivity contribution in [2.75, 3.05) is 13.2 Å². The molecule has 2 rings (SSSR count). The maximum atomic E-state index is 5.16. The van der Waals surface area contributed by atoms with Crippen LogP contribution in [0.2, 0.25) is 0 Å². The van der Waals surface area contributed by atoms with Gasteiger partial charge in [0.25, 0.3) is 0 Å². The Morgan fingerprint density at radius 1 is 1.11 bits per heavy atom. The van der Waals surface area contributed by atoms with Gasteiger partial charge in [0.2, 0.25) is 11.5 Å². The highest BCUT2D eigenvalue weighted by Gasteiger charge is 2.14. The monoisotopic (exact) mass is 140 g/mol. The Balaban J connectivity index is 2.39. The van der Waals surface area contributed by atoms with Crippen LogP contribution in [0, 0.1) is 0 Å². The minimum absolute atomic E-state index is 0.633. The van der Waals surface area contributed by atoms with Crippen molar-refractivity contribution in [1.82, 2.24) is 0 Å². The largest absolute Gasteiger partial charge is 0.478 e. The standard InChI is InChI=1S/C6H4O2S/c1-2-8-6-4-9-3-5(6)7-1/h1-2H2. The minimum atomic E-state index is 0.633. The maximum Gasteiger partial charge on any atom is 0.225 e. The van der Waals surface area contributed by atoms with Gasteiger partial charge in [-0.05, 0) is 10.9 Å². The SMILES string of the molecule is C1=S=C=C2OCCOC=12. The highest BCUT2D eigenvalue weighted by Crippen LogP contribution is 2.14. The number of fused-ring (bicyclic) bond motifs is 1. The van der Waals surface area contributed by atoms with Crippen LogP contribution in [0.5, 0.6) is 0 Å². The lowest BCUT2D eigenvalue weighted by Gasteiger charge is -2.14. The van der Waals surface area contributed by atoms with Gasteiger partial charge in [0.15, 0.2) is 0 Å². The average Bonchev–Trinajstić information content (AvgIpc) is 2.33. The van der Waals surface area contributed by atoms with E-state index < -0.39 is 0 Å². The fraction of sp³-hybridized carbons (Fsp3) is 0.333. The van der Waals surface area contributed by atoms with E-state index in [4.69, 9.17) is 9.47 Å². The fourth-order valence-electron chi connectivity index (χ4n) is 0.688. The third kappa shape index (κ3) is 0.718. The Hall–Kier alpha value is -0.880. The van der Waals surface area contributed by atoms with Gasteiger partial charge in [-0.2, -0.15) is 0 Å². The molecule has 2 aliphatic rings. The smallest absolute Gasteiger partial charge is 0.225 e. The first-order chi connectivity index (χ1) is 4.47. The number of rotatable bonds is 0. The van der Waals surface area contributed by atoms with Crippen molar-refractivity contribution in [3.63, 3.8) is 0 Å². The third-order valence-corrected chi connectivity index (χ3v) is 1.64. The van der Waals surface area contributed by atoms with Crippen molar-refractivity contribution in [3.05, 3.63) is 11.5 Å². The molecule has 2 aliphatic heterocycles. The Morgan fingerprint density at radius 2 is 1.67 bits per heavy atom. The molecule has 0 aromatic heterocycles. The summed E-state index contributed by atoms with van der Waals surface area (Å²) in [6, 6.07) is 0. The minimum Gasteiger partial charge on any atom is -0.478 e. The number of hydrogen-bond acceptors (Lipinski definition) is 2. The summed E-state index contributed by atoms with van der Waals surface area (Å²) in [6.45, 7) is 1.27. The molecule has 0 N–H and O–H groups in total. The van der Waals surface area contributed by atoms with E-state index in [-0.39, 0.29) is 0 Å². The Morgan fingerprint density at radius 3 is 2.22 bits per heavy atom. The first-order valence-electron chi connectivity index (χ1n) is 2.64. The van der Waals surface area contributed by atoms with Crippen molar-refractivity contribution in [2.45, 2.75) is 0 Å². The first kappa shape index (κ1) is 4.95. The molecular formula is C6H4O2S. The van der Waals surface area contributed by atoms with Gasteiger partial charge in [0, 0.05) is 10.0 Å². The summed E-state index contributed by atoms with van der Waals surface area (Å²) in [5.41, 5.74) is 0. The highest BCUT2D eigenvalue weighted by molar-refractivity contribution is 7.95. The summed E-state index contributed by atoms with van der Waals surface area (Å²) in [7, 11) is 1.36. The van der Waals surface area contributed by atoms with Crippen LogP contribution in [0.25, 0.3) is 0 Å². The zero-order valence-corrected chi connectivity index (χ0v) is 5.46. The van der Waals surface area contributed by atoms with Gasteiger partial charge in [-0.15, -0.1) is 0 Å². The van der Waals surface area contributed by atoms with Crippen LogP contribution in [0.15, 0.2) is 11.5 Å². The highest BCUT2D eigenvalue weighted by atomic mass is 32.1. The molecular weight excluding hydrogens is 136 g/mol. The molecule has 3 heteroatoms. The van der Waals surface area contributed by atoms with E-state index in [9.17, 15) is 0 Å². The van der Waals surface area contributed by atoms with E-state index in [2.05, 4.69) is 10.0 Å². The number of ether oxygens (including phenoxy) is 2. The molecule has 0 amide bonds. The second-order valence-corrected chi connectivity index (χ2v) is 2.27. The van der Waals surface area contributed by atoms with E-state index in [1.54, 1.807) is 0 Å². The quantitative estimate of drug-likeness (QED) is 0.452. The molecule has 1 fully saturated rings. The Bertz CT molecular complexity index is 247. The van der Waals surface area contributed by atoms with Gasteiger partial charge < -0.3 is 9.47 Å². The molecule has 0 aromatic rings. The molecule has 0 aliphatic carbocycles. The van der Waals surface area contributed by atoms with E-state index in [1.165, 1.54) is 10.9 Å². The Kier molecular flexibility index (Phi) is 0.998. The zero-order chi connectivity index (χ0) is 6.10. The lowest BCUT2D eigenvalue weighted by molar-refractivity contribution is 0.0667. The molecule has 0 unspecified atom stereocenters. The van der Waals surface area contributed by atoms with Crippen molar-refractivity contribution in [1.29, 1.82) is 0 Å². The van der Waals surface area contributed by atoms with E-state index in [0.717, 1.165) is 0 Å². The molecule has 9 heavy (non-hydrogen) atoms. The van der Waals surface area contributed by atoms with Crippen LogP contribution in [0.3, 0.4) is 0 Å². The molecule has 2 heterocycles. The second kappa shape index (κ2) is 1.82. The predicted molar refractivity (Wildman–Crippen MR) is 36.5 cm³/mol. The average molecular weight is 140 g/mol. The molecule has 0 bridgehead atoms. The molecule has 46 valence electrons. The summed E-state index contributed by atoms with van der Waals surface area (Å²) < 4.78 is 10.3. The summed E-state index contributed by atoms with van der Waals surface area (Å²) in [5, 5.41) is 5.79. The maximum absolute atomic E-state index is 5.16. The third-order valence-electron chi connectivity index (χ3n) is 1.07. The molecule has 1 saturated heterocycles. The van der Waals surface area contributed by atoms with Crippen LogP contribution in [0.4, 0.5) is 0 Å². The van der Waals surface area contributed by atoms with Gasteiger partial charge in [-0.3, -0.25) is 0 Å². The van der Waals surface area contributed by atoms with E-state index in [1.807, 2.05) is 0 Å². The van der Waals surface area contributed by atoms with Crippen molar-refractivity contribution in [2.24, 2.45) is 0 Å². The van der Waals surface area contributed by atoms with E-state index in [0.29, 0.717) is 24.7 Å². The predicted octanol–water partition coefficient (Wildman–Crippen LogP) is 0.350. The molecule has 0 aromatic carbocycles. The summed E-state index contributed by atoms with van der Waals surface area (Å²) in [5.74, 6) is 1.43. The molecule has 2 nitrogen and oxygen atoms in total. The topological polar surface area (TPSA) is 18.5 Å². The number of hydrogen-bond donors (Lipinski definition) is 0. The van der Waals surface area contributed by atoms with Crippen LogP contribution in [0.1, 0.15) is 0 Å². The summed E-state index contributed by atoms with van der Waals surface area (Å²) >= 11 is 0.